The minimum absolute atomic E-state index is 0.220. The number of nitrogens with zero attached hydrogens (tertiary/aromatic N) is 4. The smallest absolute Gasteiger partial charge is 0.227 e. The Bertz CT molecular complexity index is 2760. The van der Waals surface area contributed by atoms with E-state index in [1.165, 1.54) is 27.9 Å². The third-order valence-corrected chi connectivity index (χ3v) is 10.00. The lowest BCUT2D eigenvalue weighted by Gasteiger charge is -2.24. The van der Waals surface area contributed by atoms with E-state index in [0.29, 0.717) is 11.6 Å². The highest BCUT2D eigenvalue weighted by Gasteiger charge is 2.26. The summed E-state index contributed by atoms with van der Waals surface area (Å²) >= 11 is 0. The highest BCUT2D eigenvalue weighted by atomic mass is 16.4. The van der Waals surface area contributed by atoms with E-state index in [2.05, 4.69) is 150 Å². The molecule has 0 radical (unpaired) electrons. The minimum atomic E-state index is -0.220. The number of furan rings is 1. The highest BCUT2D eigenvalue weighted by molar-refractivity contribution is 6.13. The lowest BCUT2D eigenvalue weighted by molar-refractivity contribution is 0.411. The molecule has 0 N–H and O–H groups in total. The molecule has 9 rings (SSSR count). The number of para-hydroxylation sites is 3. The molecule has 0 spiro atoms. The predicted octanol–water partition coefficient (Wildman–Crippen LogP) is 12.5. The van der Waals surface area contributed by atoms with Crippen LogP contribution in [-0.4, -0.2) is 19.5 Å². The van der Waals surface area contributed by atoms with Gasteiger partial charge in [0.15, 0.2) is 5.58 Å². The van der Waals surface area contributed by atoms with Gasteiger partial charge >= 0.3 is 0 Å². The lowest BCUT2D eigenvalue weighted by atomic mass is 9.88. The van der Waals surface area contributed by atoms with Gasteiger partial charge in [-0.3, -0.25) is 4.57 Å². The van der Waals surface area contributed by atoms with Crippen molar-refractivity contribution in [3.63, 3.8) is 0 Å². The van der Waals surface area contributed by atoms with Gasteiger partial charge in [-0.15, -0.1) is 0 Å². The fourth-order valence-corrected chi connectivity index (χ4v) is 7.38. The molecule has 4 aromatic heterocycles. The summed E-state index contributed by atoms with van der Waals surface area (Å²) in [7, 11) is 0. The average molecular weight is 669 g/mol. The lowest BCUT2D eigenvalue weighted by Crippen LogP contribution is -2.10. The second-order valence-electron chi connectivity index (χ2n) is 15.3. The van der Waals surface area contributed by atoms with Gasteiger partial charge in [0.25, 0.3) is 0 Å². The topological polar surface area (TPSA) is 69.9 Å². The Labute approximate surface area is 296 Å². The molecule has 0 amide bonds. The second kappa shape index (κ2) is 11.4. The van der Waals surface area contributed by atoms with Gasteiger partial charge in [-0.05, 0) is 82.6 Å². The maximum Gasteiger partial charge on any atom is 0.227 e. The Morgan fingerprint density at radius 2 is 1.35 bits per heavy atom. The molecule has 0 aliphatic heterocycles. The maximum atomic E-state index is 6.77. The second-order valence-corrected chi connectivity index (χ2v) is 15.3. The number of hydrogen-bond donors (Lipinski definition) is 0. The van der Waals surface area contributed by atoms with E-state index in [9.17, 15) is 0 Å². The van der Waals surface area contributed by atoms with Crippen molar-refractivity contribution in [3.8, 4) is 28.2 Å². The molecule has 0 bridgehead atoms. The summed E-state index contributed by atoms with van der Waals surface area (Å²) in [6.07, 6.45) is 0. The van der Waals surface area contributed by atoms with Crippen molar-refractivity contribution in [1.29, 1.82) is 0 Å². The molecule has 51 heavy (non-hydrogen) atoms. The Hall–Kier alpha value is -5.75. The summed E-state index contributed by atoms with van der Waals surface area (Å²) in [4.78, 5) is 15.3. The molecule has 0 unspecified atom stereocenters. The molecule has 6 nitrogen and oxygen atoms in total. The van der Waals surface area contributed by atoms with Crippen LogP contribution in [0.5, 0.6) is 0 Å². The number of imidazole rings is 1. The summed E-state index contributed by atoms with van der Waals surface area (Å²) in [6.45, 7) is 15.4. The van der Waals surface area contributed by atoms with Gasteiger partial charge in [0, 0.05) is 21.6 Å². The molecular weight excluding hydrogens is 629 g/mol. The molecule has 0 saturated heterocycles. The third-order valence-electron chi connectivity index (χ3n) is 10.00. The van der Waals surface area contributed by atoms with Gasteiger partial charge < -0.3 is 8.83 Å². The molecule has 0 aliphatic carbocycles. The van der Waals surface area contributed by atoms with E-state index in [1.54, 1.807) is 0 Å². The summed E-state index contributed by atoms with van der Waals surface area (Å²) in [6, 6.07) is 36.4. The van der Waals surface area contributed by atoms with Crippen LogP contribution in [0, 0.1) is 0 Å². The van der Waals surface area contributed by atoms with E-state index in [4.69, 9.17) is 23.8 Å². The molecule has 6 heteroatoms. The number of fused-ring (bicyclic) bond motifs is 7. The van der Waals surface area contributed by atoms with Gasteiger partial charge in [-0.1, -0.05) is 103 Å². The van der Waals surface area contributed by atoms with Crippen LogP contribution in [0.1, 0.15) is 77.3 Å². The standard InChI is InChI=1S/C45H40N4O2/c1-25(2)32-23-29(27-14-9-8-10-15-27)24-33(26(3)4)40(32)49-36-19-12-11-18-35(36)46-42(49)31-17-13-16-30-34-22-28-20-21-37-39(48-44(50-37)45(5,6)7)38(28)47-43(34)51-41(30)31/h8-26H,1-7H3. The molecule has 0 aliphatic rings. The van der Waals surface area contributed by atoms with Crippen LogP contribution in [0.4, 0.5) is 0 Å². The molecule has 4 heterocycles. The summed E-state index contributed by atoms with van der Waals surface area (Å²) in [5.74, 6) is 2.06. The van der Waals surface area contributed by atoms with Crippen LogP contribution in [0.2, 0.25) is 0 Å². The van der Waals surface area contributed by atoms with E-state index in [-0.39, 0.29) is 17.3 Å². The Kier molecular flexibility index (Phi) is 6.98. The van der Waals surface area contributed by atoms with Crippen LogP contribution in [0.3, 0.4) is 0 Å². The normalized spacial score (nSPS) is 12.6. The fourth-order valence-electron chi connectivity index (χ4n) is 7.38. The third kappa shape index (κ3) is 4.96. The summed E-state index contributed by atoms with van der Waals surface area (Å²) in [5, 5.41) is 2.95. The van der Waals surface area contributed by atoms with E-state index >= 15 is 0 Å². The van der Waals surface area contributed by atoms with Crippen molar-refractivity contribution in [2.24, 2.45) is 0 Å². The molecule has 5 aromatic carbocycles. The number of hydrogen-bond acceptors (Lipinski definition) is 5. The predicted molar refractivity (Wildman–Crippen MR) is 209 cm³/mol. The first-order valence-electron chi connectivity index (χ1n) is 17.8. The van der Waals surface area contributed by atoms with Gasteiger partial charge in [0.2, 0.25) is 11.6 Å². The van der Waals surface area contributed by atoms with Crippen LogP contribution in [0.25, 0.3) is 83.3 Å². The van der Waals surface area contributed by atoms with Gasteiger partial charge in [-0.2, -0.15) is 0 Å². The van der Waals surface area contributed by atoms with Crippen molar-refractivity contribution in [1.82, 2.24) is 19.5 Å². The maximum absolute atomic E-state index is 6.77. The van der Waals surface area contributed by atoms with E-state index in [1.807, 2.05) is 6.07 Å². The largest absolute Gasteiger partial charge is 0.440 e. The summed E-state index contributed by atoms with van der Waals surface area (Å²) < 4.78 is 15.3. The Balaban J connectivity index is 1.33. The molecule has 252 valence electrons. The van der Waals surface area contributed by atoms with Crippen LogP contribution < -0.4 is 0 Å². The fraction of sp³-hybridized carbons (Fsp3) is 0.222. The van der Waals surface area contributed by atoms with Gasteiger partial charge in [0.1, 0.15) is 22.4 Å². The van der Waals surface area contributed by atoms with Crippen LogP contribution in [-0.2, 0) is 5.41 Å². The Morgan fingerprint density at radius 1 is 0.627 bits per heavy atom. The summed E-state index contributed by atoms with van der Waals surface area (Å²) in [5.41, 5.74) is 12.5. The minimum Gasteiger partial charge on any atom is -0.440 e. The molecule has 0 atom stereocenters. The van der Waals surface area contributed by atoms with E-state index in [0.717, 1.165) is 60.8 Å². The quantitative estimate of drug-likeness (QED) is 0.182. The van der Waals surface area contributed by atoms with Crippen LogP contribution in [0.15, 0.2) is 112 Å². The first kappa shape index (κ1) is 31.2. The zero-order valence-corrected chi connectivity index (χ0v) is 30.1. The first-order valence-corrected chi connectivity index (χ1v) is 17.8. The molecule has 0 fully saturated rings. The zero-order valence-electron chi connectivity index (χ0n) is 30.1. The Morgan fingerprint density at radius 3 is 2.08 bits per heavy atom. The molecular formula is C45H40N4O2. The number of aromatic nitrogens is 4. The number of rotatable bonds is 5. The van der Waals surface area contributed by atoms with Crippen LogP contribution >= 0.6 is 0 Å². The van der Waals surface area contributed by atoms with Crippen molar-refractivity contribution in [2.75, 3.05) is 0 Å². The SMILES string of the molecule is CC(C)c1cc(-c2ccccc2)cc(C(C)C)c1-n1c(-c2cccc3c2oc2nc4c(ccc5oc(C(C)(C)C)nc54)cc23)nc2ccccc21. The molecule has 0 saturated carbocycles. The van der Waals surface area contributed by atoms with E-state index < -0.39 is 0 Å². The van der Waals surface area contributed by atoms with Gasteiger partial charge in [-0.25, -0.2) is 15.0 Å². The number of pyridine rings is 1. The zero-order chi connectivity index (χ0) is 35.2. The first-order chi connectivity index (χ1) is 24.6. The van der Waals surface area contributed by atoms with Crippen molar-refractivity contribution < 1.29 is 8.83 Å². The van der Waals surface area contributed by atoms with Crippen molar-refractivity contribution >= 4 is 55.1 Å². The number of benzene rings is 5. The number of oxazole rings is 1. The average Bonchev–Trinajstić information content (AvgIpc) is 3.84. The van der Waals surface area contributed by atoms with Crippen molar-refractivity contribution in [3.05, 3.63) is 120 Å². The molecule has 9 aromatic rings. The highest BCUT2D eigenvalue weighted by Crippen LogP contribution is 2.43. The van der Waals surface area contributed by atoms with Gasteiger partial charge in [0.05, 0.1) is 22.3 Å². The monoisotopic (exact) mass is 668 g/mol. The van der Waals surface area contributed by atoms with Crippen molar-refractivity contribution in [2.45, 2.75) is 65.7 Å².